The number of hydrogen-bond donors (Lipinski definition) is 3. The van der Waals surface area contributed by atoms with Gasteiger partial charge in [-0.05, 0) is 28.3 Å². The van der Waals surface area contributed by atoms with Crippen molar-refractivity contribution in [3.8, 4) is 0 Å². The average Bonchev–Trinajstić information content (AvgIpc) is 3.39. The first kappa shape index (κ1) is 20.9. The number of benzene rings is 2. The number of amides is 1. The Labute approximate surface area is 190 Å². The zero-order valence-corrected chi connectivity index (χ0v) is 18.0. The number of fused-ring (bicyclic) bond motifs is 2. The summed E-state index contributed by atoms with van der Waals surface area (Å²) in [6, 6.07) is 13.9. The standard InChI is InChI=1S/C24H24FN7O/c25-20-10-29-32(14-20)12-18-5-6-19-13-31-15-22(30-23(31)11-27-21(19)7-18)24(33)28-9-17-3-1-16(8-26)2-4-17/h1-7,10,14-15,27H,8-9,11-13,26H2,(H,28,33). The van der Waals surface area contributed by atoms with E-state index < -0.39 is 0 Å². The number of carbonyl (C=O) groups is 1. The van der Waals surface area contributed by atoms with Crippen LogP contribution in [0.5, 0.6) is 0 Å². The molecule has 1 aliphatic heterocycles. The van der Waals surface area contributed by atoms with Gasteiger partial charge in [-0.2, -0.15) is 5.10 Å². The minimum Gasteiger partial charge on any atom is -0.378 e. The minimum absolute atomic E-state index is 0.208. The van der Waals surface area contributed by atoms with Crippen LogP contribution in [-0.4, -0.2) is 25.2 Å². The Morgan fingerprint density at radius 2 is 1.91 bits per heavy atom. The first-order chi connectivity index (χ1) is 16.1. The summed E-state index contributed by atoms with van der Waals surface area (Å²) in [5.41, 5.74) is 11.2. The molecule has 0 saturated heterocycles. The van der Waals surface area contributed by atoms with Crippen molar-refractivity contribution < 1.29 is 9.18 Å². The lowest BCUT2D eigenvalue weighted by Crippen LogP contribution is -2.23. The fourth-order valence-corrected chi connectivity index (χ4v) is 3.90. The van der Waals surface area contributed by atoms with Crippen LogP contribution in [0.15, 0.2) is 61.1 Å². The van der Waals surface area contributed by atoms with Gasteiger partial charge in [-0.3, -0.25) is 9.48 Å². The molecule has 1 aliphatic rings. The molecule has 4 aromatic rings. The fraction of sp³-hybridized carbons (Fsp3) is 0.208. The van der Waals surface area contributed by atoms with Crippen molar-refractivity contribution in [2.24, 2.45) is 5.73 Å². The van der Waals surface area contributed by atoms with Crippen molar-refractivity contribution in [1.29, 1.82) is 0 Å². The highest BCUT2D eigenvalue weighted by molar-refractivity contribution is 5.92. The molecule has 4 N–H and O–H groups in total. The van der Waals surface area contributed by atoms with Crippen LogP contribution >= 0.6 is 0 Å². The third-order valence-corrected chi connectivity index (χ3v) is 5.70. The van der Waals surface area contributed by atoms with Crippen molar-refractivity contribution in [3.63, 3.8) is 0 Å². The van der Waals surface area contributed by atoms with Gasteiger partial charge >= 0.3 is 0 Å². The molecule has 0 atom stereocenters. The maximum Gasteiger partial charge on any atom is 0.271 e. The van der Waals surface area contributed by atoms with Crippen molar-refractivity contribution in [2.75, 3.05) is 5.32 Å². The van der Waals surface area contributed by atoms with E-state index >= 15 is 0 Å². The van der Waals surface area contributed by atoms with E-state index in [1.54, 1.807) is 10.9 Å². The molecule has 1 amide bonds. The Hall–Kier alpha value is -3.98. The number of anilines is 1. The molecule has 2 aromatic carbocycles. The molecule has 0 saturated carbocycles. The molecule has 8 nitrogen and oxygen atoms in total. The molecule has 0 spiro atoms. The van der Waals surface area contributed by atoms with E-state index in [1.807, 2.05) is 47.0 Å². The smallest absolute Gasteiger partial charge is 0.271 e. The average molecular weight is 446 g/mol. The summed E-state index contributed by atoms with van der Waals surface area (Å²) in [5, 5.41) is 10.3. The van der Waals surface area contributed by atoms with Crippen LogP contribution in [0.4, 0.5) is 10.1 Å². The molecule has 0 aliphatic carbocycles. The third-order valence-electron chi connectivity index (χ3n) is 5.70. The second-order valence-electron chi connectivity index (χ2n) is 8.07. The highest BCUT2D eigenvalue weighted by Crippen LogP contribution is 2.24. The predicted molar refractivity (Wildman–Crippen MR) is 122 cm³/mol. The summed E-state index contributed by atoms with van der Waals surface area (Å²) in [5.74, 6) is 0.234. The maximum absolute atomic E-state index is 13.2. The molecule has 0 unspecified atom stereocenters. The van der Waals surface area contributed by atoms with Gasteiger partial charge in [-0.15, -0.1) is 0 Å². The van der Waals surface area contributed by atoms with Gasteiger partial charge in [0.05, 0.1) is 32.0 Å². The van der Waals surface area contributed by atoms with Crippen LogP contribution in [0.25, 0.3) is 0 Å². The zero-order valence-electron chi connectivity index (χ0n) is 18.0. The number of nitrogens with one attached hydrogen (secondary N) is 2. The molecule has 168 valence electrons. The van der Waals surface area contributed by atoms with E-state index in [9.17, 15) is 9.18 Å². The monoisotopic (exact) mass is 445 g/mol. The number of carbonyl (C=O) groups excluding carboxylic acids is 1. The second-order valence-corrected chi connectivity index (χ2v) is 8.07. The van der Waals surface area contributed by atoms with Crippen molar-refractivity contribution >= 4 is 11.6 Å². The molecular weight excluding hydrogens is 421 g/mol. The van der Waals surface area contributed by atoms with Gasteiger partial charge in [0.1, 0.15) is 11.5 Å². The molecule has 0 fully saturated rings. The number of nitrogens with two attached hydrogens (primary N) is 1. The Kier molecular flexibility index (Phi) is 5.62. The second kappa shape index (κ2) is 8.87. The molecule has 0 radical (unpaired) electrons. The van der Waals surface area contributed by atoms with Gasteiger partial charge < -0.3 is 20.9 Å². The first-order valence-corrected chi connectivity index (χ1v) is 10.7. The van der Waals surface area contributed by atoms with Gasteiger partial charge in [0.15, 0.2) is 5.82 Å². The molecule has 3 heterocycles. The van der Waals surface area contributed by atoms with Crippen LogP contribution in [0.2, 0.25) is 0 Å². The number of hydrogen-bond acceptors (Lipinski definition) is 5. The lowest BCUT2D eigenvalue weighted by Gasteiger charge is -2.10. The third kappa shape index (κ3) is 4.63. The number of rotatable bonds is 6. The Bertz CT molecular complexity index is 1290. The molecule has 2 aromatic heterocycles. The van der Waals surface area contributed by atoms with E-state index in [0.29, 0.717) is 38.4 Å². The first-order valence-electron chi connectivity index (χ1n) is 10.7. The fourth-order valence-electron chi connectivity index (χ4n) is 3.90. The predicted octanol–water partition coefficient (Wildman–Crippen LogP) is 2.63. The Morgan fingerprint density at radius 1 is 1.12 bits per heavy atom. The van der Waals surface area contributed by atoms with E-state index in [1.165, 1.54) is 12.4 Å². The van der Waals surface area contributed by atoms with Crippen molar-refractivity contribution in [1.82, 2.24) is 24.6 Å². The Balaban J connectivity index is 1.25. The normalized spacial score (nSPS) is 12.4. The summed E-state index contributed by atoms with van der Waals surface area (Å²) in [6.45, 7) is 2.52. The minimum atomic E-state index is -0.349. The maximum atomic E-state index is 13.2. The zero-order chi connectivity index (χ0) is 22.8. The number of imidazole rings is 1. The van der Waals surface area contributed by atoms with Crippen LogP contribution in [0.1, 0.15) is 38.6 Å². The van der Waals surface area contributed by atoms with Crippen LogP contribution < -0.4 is 16.4 Å². The molecule has 33 heavy (non-hydrogen) atoms. The van der Waals surface area contributed by atoms with Crippen LogP contribution in [0.3, 0.4) is 0 Å². The van der Waals surface area contributed by atoms with Crippen LogP contribution in [0, 0.1) is 5.82 Å². The SMILES string of the molecule is NCc1ccc(CNC(=O)c2cn3c(n2)CNc2cc(Cn4cc(F)cn4)ccc2C3)cc1. The van der Waals surface area contributed by atoms with Crippen molar-refractivity contribution in [2.45, 2.75) is 32.7 Å². The van der Waals surface area contributed by atoms with Gasteiger partial charge in [0, 0.05) is 25.0 Å². The number of halogens is 1. The quantitative estimate of drug-likeness (QED) is 0.423. The summed E-state index contributed by atoms with van der Waals surface area (Å²) in [4.78, 5) is 17.2. The molecule has 5 rings (SSSR count). The van der Waals surface area contributed by atoms with Gasteiger partial charge in [-0.25, -0.2) is 9.37 Å². The topological polar surface area (TPSA) is 103 Å². The highest BCUT2D eigenvalue weighted by atomic mass is 19.1. The van der Waals surface area contributed by atoms with Gasteiger partial charge in [0.2, 0.25) is 0 Å². The summed E-state index contributed by atoms with van der Waals surface area (Å²) >= 11 is 0. The Morgan fingerprint density at radius 3 is 2.67 bits per heavy atom. The van der Waals surface area contributed by atoms with Gasteiger partial charge in [0.25, 0.3) is 5.91 Å². The molecule has 9 heteroatoms. The summed E-state index contributed by atoms with van der Waals surface area (Å²) in [6.07, 6.45) is 4.36. The van der Waals surface area contributed by atoms with Crippen molar-refractivity contribution in [3.05, 3.63) is 101 Å². The largest absolute Gasteiger partial charge is 0.378 e. The van der Waals surface area contributed by atoms with E-state index in [4.69, 9.17) is 5.73 Å². The van der Waals surface area contributed by atoms with E-state index in [2.05, 4.69) is 20.7 Å². The number of aromatic nitrogens is 4. The molecule has 0 bridgehead atoms. The summed E-state index contributed by atoms with van der Waals surface area (Å²) < 4.78 is 16.7. The van der Waals surface area contributed by atoms with Gasteiger partial charge in [-0.1, -0.05) is 36.4 Å². The van der Waals surface area contributed by atoms with E-state index in [0.717, 1.165) is 33.8 Å². The number of nitrogens with zero attached hydrogens (tertiary/aromatic N) is 4. The lowest BCUT2D eigenvalue weighted by molar-refractivity contribution is 0.0946. The lowest BCUT2D eigenvalue weighted by atomic mass is 10.1. The molecular formula is C24H24FN7O. The van der Waals surface area contributed by atoms with E-state index in [-0.39, 0.29) is 11.7 Å². The summed E-state index contributed by atoms with van der Waals surface area (Å²) in [7, 11) is 0. The highest BCUT2D eigenvalue weighted by Gasteiger charge is 2.18. The van der Waals surface area contributed by atoms with Crippen LogP contribution in [-0.2, 0) is 32.7 Å².